The summed E-state index contributed by atoms with van der Waals surface area (Å²) < 4.78 is 7.74. The zero-order chi connectivity index (χ0) is 14.7. The molecule has 1 spiro atoms. The molecule has 21 heavy (non-hydrogen) atoms. The van der Waals surface area contributed by atoms with Crippen LogP contribution in [-0.2, 0) is 11.3 Å². The first-order valence-electron chi connectivity index (χ1n) is 7.74. The highest BCUT2D eigenvalue weighted by molar-refractivity contribution is 5.80. The van der Waals surface area contributed by atoms with Gasteiger partial charge < -0.3 is 19.5 Å². The third-order valence-electron chi connectivity index (χ3n) is 4.69. The Morgan fingerprint density at radius 2 is 2.43 bits per heavy atom. The molecule has 0 saturated carbocycles. The van der Waals surface area contributed by atoms with Crippen LogP contribution in [-0.4, -0.2) is 60.3 Å². The van der Waals surface area contributed by atoms with E-state index in [4.69, 9.17) is 4.74 Å². The molecule has 0 aromatic carbocycles. The molecule has 6 nitrogen and oxygen atoms in total. The summed E-state index contributed by atoms with van der Waals surface area (Å²) >= 11 is 0. The van der Waals surface area contributed by atoms with E-state index in [1.807, 2.05) is 26.4 Å². The van der Waals surface area contributed by atoms with Crippen LogP contribution in [0.1, 0.15) is 18.7 Å². The highest BCUT2D eigenvalue weighted by Crippen LogP contribution is 2.38. The predicted molar refractivity (Wildman–Crippen MR) is 82.4 cm³/mol. The van der Waals surface area contributed by atoms with Crippen LogP contribution in [0.4, 0.5) is 0 Å². The van der Waals surface area contributed by atoms with Gasteiger partial charge in [-0.2, -0.15) is 0 Å². The monoisotopic (exact) mass is 291 g/mol. The molecule has 0 bridgehead atoms. The lowest BCUT2D eigenvalue weighted by molar-refractivity contribution is 0.156. The summed E-state index contributed by atoms with van der Waals surface area (Å²) in [6.45, 7) is 7.77. The highest BCUT2D eigenvalue weighted by atomic mass is 16.5. The summed E-state index contributed by atoms with van der Waals surface area (Å²) in [5, 5.41) is 3.47. The Bertz CT molecular complexity index is 504. The minimum absolute atomic E-state index is 0.374. The lowest BCUT2D eigenvalue weighted by Gasteiger charge is -2.25. The molecule has 3 rings (SSSR count). The van der Waals surface area contributed by atoms with Crippen LogP contribution in [0.25, 0.3) is 0 Å². The van der Waals surface area contributed by atoms with Crippen LogP contribution < -0.4 is 5.32 Å². The molecule has 2 aliphatic rings. The second-order valence-electron chi connectivity index (χ2n) is 6.12. The summed E-state index contributed by atoms with van der Waals surface area (Å²) in [5.74, 6) is 2.06. The number of hydrogen-bond donors (Lipinski definition) is 1. The molecule has 2 fully saturated rings. The van der Waals surface area contributed by atoms with Gasteiger partial charge in [-0.25, -0.2) is 4.98 Å². The molecule has 3 heterocycles. The average molecular weight is 291 g/mol. The van der Waals surface area contributed by atoms with E-state index >= 15 is 0 Å². The molecule has 6 heteroatoms. The van der Waals surface area contributed by atoms with Crippen molar-refractivity contribution in [2.24, 2.45) is 10.4 Å². The van der Waals surface area contributed by atoms with Gasteiger partial charge in [0.1, 0.15) is 5.82 Å². The molecule has 1 unspecified atom stereocenters. The Morgan fingerprint density at radius 1 is 1.52 bits per heavy atom. The second-order valence-corrected chi connectivity index (χ2v) is 6.12. The summed E-state index contributed by atoms with van der Waals surface area (Å²) in [4.78, 5) is 11.0. The quantitative estimate of drug-likeness (QED) is 0.663. The van der Waals surface area contributed by atoms with E-state index < -0.39 is 0 Å². The topological polar surface area (TPSA) is 54.7 Å². The van der Waals surface area contributed by atoms with Gasteiger partial charge in [-0.3, -0.25) is 4.99 Å². The van der Waals surface area contributed by atoms with E-state index in [-0.39, 0.29) is 0 Å². The largest absolute Gasteiger partial charge is 0.381 e. The molecule has 0 radical (unpaired) electrons. The molecule has 1 atom stereocenters. The maximum atomic E-state index is 5.59. The van der Waals surface area contributed by atoms with E-state index in [2.05, 4.69) is 24.8 Å². The maximum Gasteiger partial charge on any atom is 0.193 e. The first kappa shape index (κ1) is 14.4. The number of aliphatic imine (C=N–C) groups is 1. The molecular weight excluding hydrogens is 266 g/mol. The fraction of sp³-hybridized carbons (Fsp3) is 0.733. The van der Waals surface area contributed by atoms with Gasteiger partial charge >= 0.3 is 0 Å². The molecule has 116 valence electrons. The fourth-order valence-electron chi connectivity index (χ4n) is 3.35. The van der Waals surface area contributed by atoms with Crippen LogP contribution >= 0.6 is 0 Å². The second kappa shape index (κ2) is 6.05. The zero-order valence-electron chi connectivity index (χ0n) is 13.0. The number of likely N-dealkylation sites (tertiary alicyclic amines) is 1. The minimum Gasteiger partial charge on any atom is -0.381 e. The number of hydrogen-bond acceptors (Lipinski definition) is 3. The van der Waals surface area contributed by atoms with Crippen molar-refractivity contribution < 1.29 is 4.74 Å². The first-order chi connectivity index (χ1) is 10.2. The van der Waals surface area contributed by atoms with Gasteiger partial charge in [0.25, 0.3) is 0 Å². The molecule has 1 aromatic rings. The van der Waals surface area contributed by atoms with Crippen molar-refractivity contribution in [1.82, 2.24) is 19.8 Å². The van der Waals surface area contributed by atoms with E-state index in [1.54, 1.807) is 0 Å². The number of rotatable bonds is 3. The van der Waals surface area contributed by atoms with Crippen molar-refractivity contribution in [3.8, 4) is 0 Å². The number of aryl methyl sites for hydroxylation is 1. The van der Waals surface area contributed by atoms with Gasteiger partial charge in [-0.1, -0.05) is 0 Å². The van der Waals surface area contributed by atoms with E-state index in [1.165, 1.54) is 12.8 Å². The number of imidazole rings is 1. The van der Waals surface area contributed by atoms with Crippen molar-refractivity contribution in [1.29, 1.82) is 0 Å². The first-order valence-corrected chi connectivity index (χ1v) is 7.74. The predicted octanol–water partition coefficient (Wildman–Crippen LogP) is 0.879. The van der Waals surface area contributed by atoms with Gasteiger partial charge in [0.2, 0.25) is 0 Å². The van der Waals surface area contributed by atoms with Crippen molar-refractivity contribution in [2.75, 3.05) is 39.9 Å². The summed E-state index contributed by atoms with van der Waals surface area (Å²) in [6, 6.07) is 0. The molecule has 2 saturated heterocycles. The van der Waals surface area contributed by atoms with Gasteiger partial charge in [-0.05, 0) is 19.8 Å². The number of nitrogens with one attached hydrogen (secondary N) is 1. The number of ether oxygens (including phenoxy) is 1. The standard InChI is InChI=1S/C15H25N5O/c1-13-17-5-8-19(13)9-6-18-14(16-2)20-7-3-15(11-20)4-10-21-12-15/h5,8H,3-4,6-7,9-12H2,1-2H3,(H,16,18). The Morgan fingerprint density at radius 3 is 3.10 bits per heavy atom. The van der Waals surface area contributed by atoms with Crippen LogP contribution in [0.3, 0.4) is 0 Å². The van der Waals surface area contributed by atoms with Gasteiger partial charge in [-0.15, -0.1) is 0 Å². The number of guanidine groups is 1. The molecule has 1 N–H and O–H groups in total. The van der Waals surface area contributed by atoms with E-state index in [0.29, 0.717) is 5.41 Å². The summed E-state index contributed by atoms with van der Waals surface area (Å²) in [6.07, 6.45) is 6.26. The summed E-state index contributed by atoms with van der Waals surface area (Å²) in [7, 11) is 1.86. The highest BCUT2D eigenvalue weighted by Gasteiger charge is 2.42. The molecule has 1 aromatic heterocycles. The van der Waals surface area contributed by atoms with Crippen molar-refractivity contribution in [3.63, 3.8) is 0 Å². The van der Waals surface area contributed by atoms with Gasteiger partial charge in [0.15, 0.2) is 5.96 Å². The SMILES string of the molecule is CN=C(NCCn1ccnc1C)N1CCC2(CCOC2)C1. The molecule has 2 aliphatic heterocycles. The number of aromatic nitrogens is 2. The normalized spacial score (nSPS) is 26.0. The summed E-state index contributed by atoms with van der Waals surface area (Å²) in [5.41, 5.74) is 0.374. The van der Waals surface area contributed by atoms with Gasteiger partial charge in [0.05, 0.1) is 6.61 Å². The minimum atomic E-state index is 0.374. The van der Waals surface area contributed by atoms with Crippen LogP contribution in [0, 0.1) is 12.3 Å². The number of nitrogens with zero attached hydrogens (tertiary/aromatic N) is 4. The van der Waals surface area contributed by atoms with E-state index in [0.717, 1.165) is 51.2 Å². The van der Waals surface area contributed by atoms with E-state index in [9.17, 15) is 0 Å². The molecular formula is C15H25N5O. The zero-order valence-corrected chi connectivity index (χ0v) is 13.0. The fourth-order valence-corrected chi connectivity index (χ4v) is 3.35. The van der Waals surface area contributed by atoms with Crippen LogP contribution in [0.5, 0.6) is 0 Å². The average Bonchev–Trinajstić information content (AvgIpc) is 3.20. The van der Waals surface area contributed by atoms with Crippen molar-refractivity contribution in [3.05, 3.63) is 18.2 Å². The Balaban J connectivity index is 1.51. The lowest BCUT2D eigenvalue weighted by Crippen LogP contribution is -2.42. The Kier molecular flexibility index (Phi) is 4.14. The Hall–Kier alpha value is -1.56. The molecule has 0 aliphatic carbocycles. The lowest BCUT2D eigenvalue weighted by atomic mass is 9.87. The third kappa shape index (κ3) is 3.05. The van der Waals surface area contributed by atoms with Gasteiger partial charge in [0, 0.05) is 57.6 Å². The van der Waals surface area contributed by atoms with Crippen LogP contribution in [0.2, 0.25) is 0 Å². The van der Waals surface area contributed by atoms with Crippen LogP contribution in [0.15, 0.2) is 17.4 Å². The smallest absolute Gasteiger partial charge is 0.193 e. The van der Waals surface area contributed by atoms with Crippen molar-refractivity contribution >= 4 is 5.96 Å². The van der Waals surface area contributed by atoms with Crippen molar-refractivity contribution in [2.45, 2.75) is 26.3 Å². The maximum absolute atomic E-state index is 5.59. The Labute approximate surface area is 126 Å². The third-order valence-corrected chi connectivity index (χ3v) is 4.69. The molecule has 0 amide bonds.